The number of fused-ring (bicyclic) bond motifs is 1. The Balaban J connectivity index is 1.43. The van der Waals surface area contributed by atoms with Gasteiger partial charge in [0.1, 0.15) is 18.1 Å². The number of carbonyl (C=O) groups is 5. The molecule has 2 atom stereocenters. The molecule has 1 spiro atoms. The van der Waals surface area contributed by atoms with E-state index in [9.17, 15) is 24.0 Å². The summed E-state index contributed by atoms with van der Waals surface area (Å²) >= 11 is 1.55. The van der Waals surface area contributed by atoms with Gasteiger partial charge in [-0.3, -0.25) is 24.5 Å². The fraction of sp³-hybridized carbons (Fsp3) is 0.737. The zero-order chi connectivity index (χ0) is 20.8. The van der Waals surface area contributed by atoms with E-state index in [2.05, 4.69) is 5.32 Å². The van der Waals surface area contributed by atoms with Crippen molar-refractivity contribution >= 4 is 41.4 Å². The molecular weight excluding hydrogens is 398 g/mol. The molecule has 158 valence electrons. The van der Waals surface area contributed by atoms with E-state index in [1.807, 2.05) is 6.92 Å². The van der Waals surface area contributed by atoms with Crippen molar-refractivity contribution in [2.45, 2.75) is 68.3 Å². The maximum absolute atomic E-state index is 12.9. The van der Waals surface area contributed by atoms with Crippen LogP contribution in [0.2, 0.25) is 0 Å². The number of piperazine rings is 1. The molecule has 0 bridgehead atoms. The smallest absolute Gasteiger partial charge is 0.330 e. The number of amides is 4. The third kappa shape index (κ3) is 3.31. The summed E-state index contributed by atoms with van der Waals surface area (Å²) in [5.74, 6) is -1.79. The molecule has 9 nitrogen and oxygen atoms in total. The fourth-order valence-electron chi connectivity index (χ4n) is 4.96. The number of ether oxygens (including phenoxy) is 1. The van der Waals surface area contributed by atoms with Crippen LogP contribution in [-0.4, -0.2) is 74.8 Å². The largest absolute Gasteiger partial charge is 0.454 e. The fourth-order valence-corrected chi connectivity index (χ4v) is 6.38. The second-order valence-electron chi connectivity index (χ2n) is 8.32. The molecule has 10 heteroatoms. The van der Waals surface area contributed by atoms with E-state index >= 15 is 0 Å². The summed E-state index contributed by atoms with van der Waals surface area (Å²) in [6.45, 7) is 1.18. The number of imide groups is 1. The van der Waals surface area contributed by atoms with Gasteiger partial charge in [0, 0.05) is 12.2 Å². The summed E-state index contributed by atoms with van der Waals surface area (Å²) in [6.07, 6.45) is 4.63. The standard InChI is InChI=1S/C19H25N3O6S/c1-18-8-5-14(24)22(18)12(11-29-18)16(26)28-10-15(25)21-9-13(23)20-17(27)19(21)6-3-2-4-7-19/h12H,2-11H2,1H3,(H,20,23,27)/t12-,18+/m0/s1. The highest BCUT2D eigenvalue weighted by Gasteiger charge is 2.54. The molecule has 4 aliphatic rings. The summed E-state index contributed by atoms with van der Waals surface area (Å²) < 4.78 is 5.27. The lowest BCUT2D eigenvalue weighted by molar-refractivity contribution is -0.166. The Bertz CT molecular complexity index is 780. The number of thioether (sulfide) groups is 1. The molecule has 1 N–H and O–H groups in total. The number of nitrogens with zero attached hydrogens (tertiary/aromatic N) is 2. The van der Waals surface area contributed by atoms with Gasteiger partial charge in [-0.05, 0) is 26.2 Å². The number of hydrogen-bond acceptors (Lipinski definition) is 7. The van der Waals surface area contributed by atoms with Gasteiger partial charge in [-0.2, -0.15) is 0 Å². The topological polar surface area (TPSA) is 113 Å². The second-order valence-corrected chi connectivity index (χ2v) is 9.82. The van der Waals surface area contributed by atoms with E-state index < -0.39 is 46.7 Å². The van der Waals surface area contributed by atoms with Crippen LogP contribution in [0.15, 0.2) is 0 Å². The number of nitrogens with one attached hydrogen (secondary N) is 1. The molecule has 1 aliphatic carbocycles. The molecule has 3 saturated heterocycles. The van der Waals surface area contributed by atoms with Crippen LogP contribution in [0.4, 0.5) is 0 Å². The summed E-state index contributed by atoms with van der Waals surface area (Å²) in [4.78, 5) is 64.6. The van der Waals surface area contributed by atoms with E-state index in [0.29, 0.717) is 31.4 Å². The monoisotopic (exact) mass is 423 g/mol. The predicted molar refractivity (Wildman–Crippen MR) is 102 cm³/mol. The zero-order valence-electron chi connectivity index (χ0n) is 16.4. The summed E-state index contributed by atoms with van der Waals surface area (Å²) in [7, 11) is 0. The number of carbonyl (C=O) groups excluding carboxylic acids is 5. The van der Waals surface area contributed by atoms with Crippen molar-refractivity contribution in [1.29, 1.82) is 0 Å². The first-order chi connectivity index (χ1) is 13.8. The van der Waals surface area contributed by atoms with Crippen molar-refractivity contribution in [3.8, 4) is 0 Å². The molecule has 4 rings (SSSR count). The Morgan fingerprint density at radius 2 is 1.90 bits per heavy atom. The minimum Gasteiger partial charge on any atom is -0.454 e. The SMILES string of the molecule is C[C@@]12CCC(=O)N1[C@H](C(=O)OCC(=O)N1CC(=O)NC(=O)C13CCCCC3)CS2. The lowest BCUT2D eigenvalue weighted by atomic mass is 9.78. The molecule has 3 aliphatic heterocycles. The average Bonchev–Trinajstić information content (AvgIpc) is 3.19. The molecule has 0 unspecified atom stereocenters. The molecular formula is C19H25N3O6S. The average molecular weight is 423 g/mol. The molecule has 0 aromatic heterocycles. The Labute approximate surface area is 172 Å². The Morgan fingerprint density at radius 1 is 1.17 bits per heavy atom. The first-order valence-corrected chi connectivity index (χ1v) is 11.0. The lowest BCUT2D eigenvalue weighted by Gasteiger charge is -2.47. The van der Waals surface area contributed by atoms with Gasteiger partial charge in [0.15, 0.2) is 6.61 Å². The van der Waals surface area contributed by atoms with Gasteiger partial charge in [-0.1, -0.05) is 19.3 Å². The highest BCUT2D eigenvalue weighted by atomic mass is 32.2. The van der Waals surface area contributed by atoms with E-state index in [-0.39, 0.29) is 12.5 Å². The highest BCUT2D eigenvalue weighted by molar-refractivity contribution is 8.01. The quantitative estimate of drug-likeness (QED) is 0.509. The van der Waals surface area contributed by atoms with E-state index in [4.69, 9.17) is 4.74 Å². The van der Waals surface area contributed by atoms with Gasteiger partial charge in [0.25, 0.3) is 11.8 Å². The minimum atomic E-state index is -1.04. The van der Waals surface area contributed by atoms with Crippen LogP contribution in [0.1, 0.15) is 51.9 Å². The van der Waals surface area contributed by atoms with Crippen LogP contribution in [-0.2, 0) is 28.7 Å². The van der Waals surface area contributed by atoms with Gasteiger partial charge in [0.05, 0.1) is 4.87 Å². The summed E-state index contributed by atoms with van der Waals surface area (Å²) in [5, 5.41) is 2.34. The highest BCUT2D eigenvalue weighted by Crippen LogP contribution is 2.47. The molecule has 0 aromatic carbocycles. The van der Waals surface area contributed by atoms with Crippen LogP contribution < -0.4 is 5.32 Å². The molecule has 1 saturated carbocycles. The molecule has 3 heterocycles. The number of hydrogen-bond donors (Lipinski definition) is 1. The lowest BCUT2D eigenvalue weighted by Crippen LogP contribution is -2.69. The minimum absolute atomic E-state index is 0.0785. The van der Waals surface area contributed by atoms with Crippen LogP contribution >= 0.6 is 11.8 Å². The maximum Gasteiger partial charge on any atom is 0.330 e. The third-order valence-electron chi connectivity index (χ3n) is 6.53. The first kappa shape index (κ1) is 20.2. The second kappa shape index (κ2) is 7.30. The third-order valence-corrected chi connectivity index (χ3v) is 8.04. The Morgan fingerprint density at radius 3 is 2.62 bits per heavy atom. The molecule has 4 amide bonds. The number of esters is 1. The van der Waals surface area contributed by atoms with Crippen molar-refractivity contribution in [3.63, 3.8) is 0 Å². The zero-order valence-corrected chi connectivity index (χ0v) is 17.2. The van der Waals surface area contributed by atoms with Gasteiger partial charge >= 0.3 is 5.97 Å². The van der Waals surface area contributed by atoms with Gasteiger partial charge in [0.2, 0.25) is 11.8 Å². The van der Waals surface area contributed by atoms with Crippen LogP contribution in [0.25, 0.3) is 0 Å². The van der Waals surface area contributed by atoms with Gasteiger partial charge < -0.3 is 14.5 Å². The van der Waals surface area contributed by atoms with Gasteiger partial charge in [-0.15, -0.1) is 11.8 Å². The van der Waals surface area contributed by atoms with E-state index in [1.54, 1.807) is 16.7 Å². The predicted octanol–water partition coefficient (Wildman–Crippen LogP) is 0.172. The Hall–Kier alpha value is -2.10. The van der Waals surface area contributed by atoms with Crippen molar-refractivity contribution in [3.05, 3.63) is 0 Å². The van der Waals surface area contributed by atoms with Crippen LogP contribution in [0.3, 0.4) is 0 Å². The normalized spacial score (nSPS) is 31.1. The summed E-state index contributed by atoms with van der Waals surface area (Å²) in [5.41, 5.74) is -1.04. The maximum atomic E-state index is 12.9. The van der Waals surface area contributed by atoms with Crippen LogP contribution in [0, 0.1) is 0 Å². The van der Waals surface area contributed by atoms with Crippen molar-refractivity contribution in [1.82, 2.24) is 15.1 Å². The first-order valence-electron chi connectivity index (χ1n) is 10.0. The van der Waals surface area contributed by atoms with Gasteiger partial charge in [-0.25, -0.2) is 4.79 Å². The molecule has 0 aromatic rings. The molecule has 4 fully saturated rings. The van der Waals surface area contributed by atoms with Crippen molar-refractivity contribution in [2.24, 2.45) is 0 Å². The van der Waals surface area contributed by atoms with Crippen LogP contribution in [0.5, 0.6) is 0 Å². The molecule has 29 heavy (non-hydrogen) atoms. The van der Waals surface area contributed by atoms with Crippen molar-refractivity contribution < 1.29 is 28.7 Å². The van der Waals surface area contributed by atoms with E-state index in [1.165, 1.54) is 4.90 Å². The Kier molecular flexibility index (Phi) is 5.08. The number of rotatable bonds is 3. The summed E-state index contributed by atoms with van der Waals surface area (Å²) in [6, 6.07) is -0.706. The molecule has 0 radical (unpaired) electrons. The van der Waals surface area contributed by atoms with E-state index in [0.717, 1.165) is 19.3 Å². The van der Waals surface area contributed by atoms with Crippen molar-refractivity contribution in [2.75, 3.05) is 18.9 Å².